The molecule has 29 heavy (non-hydrogen) atoms. The molecule has 1 aromatic carbocycles. The van der Waals surface area contributed by atoms with Crippen LogP contribution in [0.1, 0.15) is 44.1 Å². The fourth-order valence-corrected chi connectivity index (χ4v) is 4.36. The Bertz CT molecular complexity index is 878. The fraction of sp³-hybridized carbons (Fsp3) is 0.476. The van der Waals surface area contributed by atoms with E-state index < -0.39 is 11.7 Å². The molecule has 1 atom stereocenters. The summed E-state index contributed by atoms with van der Waals surface area (Å²) in [7, 11) is 0. The molecule has 8 heteroatoms. The predicted octanol–water partition coefficient (Wildman–Crippen LogP) is 4.84. The molecule has 1 aliphatic rings. The Morgan fingerprint density at radius 2 is 2.10 bits per heavy atom. The van der Waals surface area contributed by atoms with Crippen LogP contribution < -0.4 is 5.32 Å². The van der Waals surface area contributed by atoms with Crippen molar-refractivity contribution in [3.05, 3.63) is 40.4 Å². The van der Waals surface area contributed by atoms with Crippen LogP contribution >= 0.6 is 22.9 Å². The van der Waals surface area contributed by atoms with Crippen LogP contribution in [-0.2, 0) is 4.74 Å². The number of nitrogens with zero attached hydrogens (tertiary/aromatic N) is 2. The minimum absolute atomic E-state index is 0.0819. The van der Waals surface area contributed by atoms with Crippen molar-refractivity contribution in [1.82, 2.24) is 15.2 Å². The van der Waals surface area contributed by atoms with Gasteiger partial charge in [-0.05, 0) is 45.6 Å². The molecule has 0 saturated carbocycles. The highest BCUT2D eigenvalue weighted by Crippen LogP contribution is 2.30. The standard InChI is InChI=1S/C21H26ClN3O3S/c1-21(2,3)28-20(27)23-11-14-7-6-10-25(12-14)19(26)17-13-29-18(24-17)15-8-4-5-9-16(15)22/h4-5,8-9,13-14H,6-7,10-12H2,1-3H3,(H,23,27). The Morgan fingerprint density at radius 3 is 2.83 bits per heavy atom. The van der Waals surface area contributed by atoms with Gasteiger partial charge in [0, 0.05) is 30.6 Å². The molecule has 0 bridgehead atoms. The summed E-state index contributed by atoms with van der Waals surface area (Å²) in [4.78, 5) is 31.1. The van der Waals surface area contributed by atoms with Gasteiger partial charge in [0.25, 0.3) is 5.91 Å². The van der Waals surface area contributed by atoms with Gasteiger partial charge in [0.2, 0.25) is 0 Å². The molecule has 1 aromatic heterocycles. The van der Waals surface area contributed by atoms with Gasteiger partial charge in [-0.3, -0.25) is 4.79 Å². The quantitative estimate of drug-likeness (QED) is 0.745. The lowest BCUT2D eigenvalue weighted by atomic mass is 9.98. The van der Waals surface area contributed by atoms with Gasteiger partial charge < -0.3 is 15.0 Å². The first-order valence-corrected chi connectivity index (χ1v) is 11.0. The zero-order valence-electron chi connectivity index (χ0n) is 16.9. The van der Waals surface area contributed by atoms with E-state index in [1.165, 1.54) is 11.3 Å². The molecular weight excluding hydrogens is 410 g/mol. The number of halogens is 1. The summed E-state index contributed by atoms with van der Waals surface area (Å²) in [5, 5.41) is 5.95. The van der Waals surface area contributed by atoms with Gasteiger partial charge in [-0.15, -0.1) is 11.3 Å². The maximum absolute atomic E-state index is 12.9. The Kier molecular flexibility index (Phi) is 6.80. The van der Waals surface area contributed by atoms with Crippen molar-refractivity contribution in [3.63, 3.8) is 0 Å². The van der Waals surface area contributed by atoms with E-state index in [0.29, 0.717) is 30.4 Å². The molecule has 2 heterocycles. The maximum atomic E-state index is 12.9. The molecule has 1 saturated heterocycles. The fourth-order valence-electron chi connectivity index (χ4n) is 3.25. The molecule has 0 spiro atoms. The van der Waals surface area contributed by atoms with Gasteiger partial charge >= 0.3 is 6.09 Å². The molecule has 3 rings (SSSR count). The molecule has 1 fully saturated rings. The Labute approximate surface area is 180 Å². The van der Waals surface area contributed by atoms with Gasteiger partial charge in [0.15, 0.2) is 0 Å². The van der Waals surface area contributed by atoms with Crippen LogP contribution in [0.5, 0.6) is 0 Å². The lowest BCUT2D eigenvalue weighted by Crippen LogP contribution is -2.44. The number of thiazole rings is 1. The Balaban J connectivity index is 1.59. The zero-order valence-corrected chi connectivity index (χ0v) is 18.5. The van der Waals surface area contributed by atoms with Gasteiger partial charge in [-0.1, -0.05) is 29.8 Å². The van der Waals surface area contributed by atoms with Crippen LogP contribution in [0.4, 0.5) is 4.79 Å². The lowest BCUT2D eigenvalue weighted by molar-refractivity contribution is 0.0502. The summed E-state index contributed by atoms with van der Waals surface area (Å²) in [6.45, 7) is 7.27. The number of alkyl carbamates (subject to hydrolysis) is 1. The second-order valence-corrected chi connectivity index (χ2v) is 9.43. The number of benzene rings is 1. The van der Waals surface area contributed by atoms with Crippen molar-refractivity contribution in [2.24, 2.45) is 5.92 Å². The van der Waals surface area contributed by atoms with Crippen LogP contribution in [0.2, 0.25) is 5.02 Å². The summed E-state index contributed by atoms with van der Waals surface area (Å²) >= 11 is 7.66. The van der Waals surface area contributed by atoms with Gasteiger partial charge in [0.05, 0.1) is 5.02 Å². The van der Waals surface area contributed by atoms with Gasteiger partial charge in [-0.25, -0.2) is 9.78 Å². The largest absolute Gasteiger partial charge is 0.444 e. The number of piperidine rings is 1. The summed E-state index contributed by atoms with van der Waals surface area (Å²) in [6.07, 6.45) is 1.43. The van der Waals surface area contributed by atoms with Crippen molar-refractivity contribution in [1.29, 1.82) is 0 Å². The van der Waals surface area contributed by atoms with E-state index in [1.807, 2.05) is 49.9 Å². The Hall–Kier alpha value is -2.12. The molecule has 2 aromatic rings. The van der Waals surface area contributed by atoms with Crippen LogP contribution in [0.3, 0.4) is 0 Å². The van der Waals surface area contributed by atoms with E-state index in [1.54, 1.807) is 5.38 Å². The highest BCUT2D eigenvalue weighted by atomic mass is 35.5. The molecule has 0 radical (unpaired) electrons. The number of likely N-dealkylation sites (tertiary alicyclic amines) is 1. The molecular formula is C21H26ClN3O3S. The van der Waals surface area contributed by atoms with Crippen molar-refractivity contribution in [2.75, 3.05) is 19.6 Å². The van der Waals surface area contributed by atoms with E-state index in [0.717, 1.165) is 23.4 Å². The first-order valence-electron chi connectivity index (χ1n) is 9.69. The minimum Gasteiger partial charge on any atom is -0.444 e. The molecule has 6 nitrogen and oxygen atoms in total. The monoisotopic (exact) mass is 435 g/mol. The normalized spacial score (nSPS) is 17.1. The molecule has 1 N–H and O–H groups in total. The first kappa shape index (κ1) is 21.6. The highest BCUT2D eigenvalue weighted by Gasteiger charge is 2.27. The van der Waals surface area contributed by atoms with Crippen molar-refractivity contribution >= 4 is 34.9 Å². The smallest absolute Gasteiger partial charge is 0.407 e. The number of ether oxygens (including phenoxy) is 1. The third-order valence-corrected chi connectivity index (χ3v) is 5.77. The SMILES string of the molecule is CC(C)(C)OC(=O)NCC1CCCN(C(=O)c2csc(-c3ccccc3Cl)n2)C1. The second-order valence-electron chi connectivity index (χ2n) is 8.16. The van der Waals surface area contributed by atoms with E-state index in [4.69, 9.17) is 16.3 Å². The summed E-state index contributed by atoms with van der Waals surface area (Å²) in [6, 6.07) is 7.48. The second kappa shape index (κ2) is 9.13. The predicted molar refractivity (Wildman–Crippen MR) is 115 cm³/mol. The van der Waals surface area contributed by atoms with Crippen LogP contribution in [0, 0.1) is 5.92 Å². The number of carbonyl (C=O) groups is 2. The number of rotatable bonds is 4. The molecule has 2 amide bonds. The molecule has 156 valence electrons. The third kappa shape index (κ3) is 5.93. The summed E-state index contributed by atoms with van der Waals surface area (Å²) in [5.74, 6) is 0.114. The number of amides is 2. The zero-order chi connectivity index (χ0) is 21.0. The minimum atomic E-state index is -0.525. The lowest BCUT2D eigenvalue weighted by Gasteiger charge is -2.32. The van der Waals surface area contributed by atoms with Crippen molar-refractivity contribution in [3.8, 4) is 10.6 Å². The maximum Gasteiger partial charge on any atom is 0.407 e. The van der Waals surface area contributed by atoms with Crippen molar-refractivity contribution in [2.45, 2.75) is 39.2 Å². The number of nitrogens with one attached hydrogen (secondary N) is 1. The number of hydrogen-bond donors (Lipinski definition) is 1. The average Bonchev–Trinajstić information content (AvgIpc) is 3.15. The summed E-state index contributed by atoms with van der Waals surface area (Å²) in [5.41, 5.74) is 0.741. The number of hydrogen-bond acceptors (Lipinski definition) is 5. The average molecular weight is 436 g/mol. The molecule has 0 aliphatic carbocycles. The van der Waals surface area contributed by atoms with E-state index in [2.05, 4.69) is 10.3 Å². The third-order valence-electron chi connectivity index (χ3n) is 4.57. The number of carbonyl (C=O) groups excluding carboxylic acids is 2. The Morgan fingerprint density at radius 1 is 1.34 bits per heavy atom. The van der Waals surface area contributed by atoms with Gasteiger partial charge in [-0.2, -0.15) is 0 Å². The van der Waals surface area contributed by atoms with Crippen LogP contribution in [0.25, 0.3) is 10.6 Å². The molecule has 1 unspecified atom stereocenters. The summed E-state index contributed by atoms with van der Waals surface area (Å²) < 4.78 is 5.28. The first-order chi connectivity index (χ1) is 13.7. The molecule has 1 aliphatic heterocycles. The van der Waals surface area contributed by atoms with Crippen LogP contribution in [0.15, 0.2) is 29.6 Å². The number of aromatic nitrogens is 1. The van der Waals surface area contributed by atoms with E-state index in [-0.39, 0.29) is 11.8 Å². The van der Waals surface area contributed by atoms with E-state index >= 15 is 0 Å². The van der Waals surface area contributed by atoms with E-state index in [9.17, 15) is 9.59 Å². The highest BCUT2D eigenvalue weighted by molar-refractivity contribution is 7.13. The topological polar surface area (TPSA) is 71.5 Å². The van der Waals surface area contributed by atoms with Crippen molar-refractivity contribution < 1.29 is 14.3 Å². The van der Waals surface area contributed by atoms with Crippen LogP contribution in [-0.4, -0.2) is 47.1 Å². The van der Waals surface area contributed by atoms with Gasteiger partial charge in [0.1, 0.15) is 16.3 Å².